The van der Waals surface area contributed by atoms with Crippen molar-refractivity contribution >= 4 is 15.9 Å². The molecule has 8 heteroatoms. The Morgan fingerprint density at radius 2 is 2.04 bits per heavy atom. The number of nitrogens with one attached hydrogen (secondary N) is 1. The Labute approximate surface area is 137 Å². The van der Waals surface area contributed by atoms with Crippen LogP contribution in [-0.2, 0) is 14.8 Å². The number of nitrogens with zero attached hydrogens (tertiary/aromatic N) is 2. The summed E-state index contributed by atoms with van der Waals surface area (Å²) in [6.45, 7) is -0.150. The second-order valence-electron chi connectivity index (χ2n) is 5.85. The number of likely N-dealkylation sites (N-methyl/N-ethyl adjacent to an activating group) is 1. The molecule has 0 aliphatic heterocycles. The van der Waals surface area contributed by atoms with Gasteiger partial charge in [0.2, 0.25) is 21.8 Å². The number of hydrogen-bond donors (Lipinski definition) is 1. The molecule has 1 saturated carbocycles. The molecule has 0 aromatic carbocycles. The molecule has 2 rings (SSSR count). The van der Waals surface area contributed by atoms with Crippen LogP contribution in [-0.4, -0.2) is 55.6 Å². The molecule has 0 radical (unpaired) electrons. The number of carbonyl (C=O) groups is 1. The highest BCUT2D eigenvalue weighted by Crippen LogP contribution is 2.22. The number of rotatable bonds is 6. The first kappa shape index (κ1) is 17.7. The third kappa shape index (κ3) is 5.80. The molecule has 1 fully saturated rings. The lowest BCUT2D eigenvalue weighted by Crippen LogP contribution is -2.44. The van der Waals surface area contributed by atoms with Crippen molar-refractivity contribution in [1.29, 1.82) is 0 Å². The van der Waals surface area contributed by atoms with E-state index < -0.39 is 10.0 Å². The monoisotopic (exact) mass is 341 g/mol. The molecule has 0 spiro atoms. The van der Waals surface area contributed by atoms with Crippen molar-refractivity contribution in [1.82, 2.24) is 14.6 Å². The van der Waals surface area contributed by atoms with Gasteiger partial charge in [0.05, 0.1) is 12.8 Å². The zero-order valence-electron chi connectivity index (χ0n) is 13.4. The molecule has 128 valence electrons. The fourth-order valence-electron chi connectivity index (χ4n) is 2.51. The minimum Gasteiger partial charge on any atom is -0.474 e. The van der Waals surface area contributed by atoms with Crippen LogP contribution in [0.5, 0.6) is 5.88 Å². The Hall–Kier alpha value is -1.67. The molecular weight excluding hydrogens is 318 g/mol. The smallest absolute Gasteiger partial charge is 0.235 e. The van der Waals surface area contributed by atoms with Crippen molar-refractivity contribution < 1.29 is 17.9 Å². The van der Waals surface area contributed by atoms with E-state index in [1.165, 1.54) is 7.05 Å². The van der Waals surface area contributed by atoms with Crippen LogP contribution in [0.3, 0.4) is 0 Å². The number of amides is 1. The summed E-state index contributed by atoms with van der Waals surface area (Å²) in [6.07, 6.45) is 6.18. The summed E-state index contributed by atoms with van der Waals surface area (Å²) in [6, 6.07) is 5.62. The van der Waals surface area contributed by atoms with Gasteiger partial charge in [-0.1, -0.05) is 6.07 Å². The van der Waals surface area contributed by atoms with Gasteiger partial charge < -0.3 is 10.1 Å². The van der Waals surface area contributed by atoms with Gasteiger partial charge >= 0.3 is 0 Å². The van der Waals surface area contributed by atoms with Crippen LogP contribution in [0.2, 0.25) is 0 Å². The van der Waals surface area contributed by atoms with Gasteiger partial charge in [-0.15, -0.1) is 0 Å². The minimum absolute atomic E-state index is 0.0686. The van der Waals surface area contributed by atoms with E-state index in [0.29, 0.717) is 5.88 Å². The van der Waals surface area contributed by atoms with Gasteiger partial charge in [0.15, 0.2) is 0 Å². The maximum atomic E-state index is 11.9. The van der Waals surface area contributed by atoms with Crippen LogP contribution < -0.4 is 10.1 Å². The van der Waals surface area contributed by atoms with E-state index in [2.05, 4.69) is 10.3 Å². The van der Waals surface area contributed by atoms with Crippen LogP contribution in [0.4, 0.5) is 0 Å². The second-order valence-corrected chi connectivity index (χ2v) is 7.94. The molecule has 0 saturated heterocycles. The fraction of sp³-hybridized carbons (Fsp3) is 0.600. The summed E-state index contributed by atoms with van der Waals surface area (Å²) < 4.78 is 29.4. The molecular formula is C15H23N3O4S. The molecule has 1 heterocycles. The van der Waals surface area contributed by atoms with Crippen LogP contribution in [0.15, 0.2) is 24.4 Å². The van der Waals surface area contributed by atoms with E-state index in [1.54, 1.807) is 6.20 Å². The Bertz CT molecular complexity index is 613. The number of carbonyl (C=O) groups excluding carboxylic acids is 1. The van der Waals surface area contributed by atoms with Crippen LogP contribution in [0.25, 0.3) is 0 Å². The zero-order valence-corrected chi connectivity index (χ0v) is 14.3. The number of pyridine rings is 1. The normalized spacial score (nSPS) is 21.9. The quantitative estimate of drug-likeness (QED) is 0.826. The van der Waals surface area contributed by atoms with Gasteiger partial charge in [-0.2, -0.15) is 4.31 Å². The summed E-state index contributed by atoms with van der Waals surface area (Å²) in [7, 11) is -1.94. The number of sulfonamides is 1. The van der Waals surface area contributed by atoms with E-state index in [0.717, 1.165) is 36.2 Å². The van der Waals surface area contributed by atoms with Gasteiger partial charge in [-0.05, 0) is 31.7 Å². The Kier molecular flexibility index (Phi) is 5.95. The Balaban J connectivity index is 1.73. The predicted molar refractivity (Wildman–Crippen MR) is 86.5 cm³/mol. The SMILES string of the molecule is CN(CC(=O)NC1CCC(Oc2ccccn2)CC1)S(C)(=O)=O. The number of ether oxygens (including phenoxy) is 1. The van der Waals surface area contributed by atoms with Crippen molar-refractivity contribution in [3.05, 3.63) is 24.4 Å². The maximum Gasteiger partial charge on any atom is 0.235 e. The second kappa shape index (κ2) is 7.74. The minimum atomic E-state index is -3.34. The molecule has 0 atom stereocenters. The molecule has 1 aliphatic rings. The topological polar surface area (TPSA) is 88.6 Å². The van der Waals surface area contributed by atoms with Crippen LogP contribution in [0, 0.1) is 0 Å². The van der Waals surface area contributed by atoms with Gasteiger partial charge in [0.1, 0.15) is 6.10 Å². The lowest BCUT2D eigenvalue weighted by molar-refractivity contribution is -0.122. The first-order valence-corrected chi connectivity index (χ1v) is 9.48. The molecule has 1 aliphatic carbocycles. The highest BCUT2D eigenvalue weighted by atomic mass is 32.2. The first-order valence-electron chi connectivity index (χ1n) is 7.63. The summed E-state index contributed by atoms with van der Waals surface area (Å²) in [5.41, 5.74) is 0. The molecule has 0 bridgehead atoms. The summed E-state index contributed by atoms with van der Waals surface area (Å²) >= 11 is 0. The first-order chi connectivity index (χ1) is 10.8. The summed E-state index contributed by atoms with van der Waals surface area (Å²) in [4.78, 5) is 16.0. The third-order valence-corrected chi connectivity index (χ3v) is 5.16. The number of hydrogen-bond acceptors (Lipinski definition) is 5. The molecule has 1 aromatic rings. The van der Waals surface area contributed by atoms with Gasteiger partial charge in [0, 0.05) is 25.4 Å². The van der Waals surface area contributed by atoms with E-state index in [9.17, 15) is 13.2 Å². The van der Waals surface area contributed by atoms with Crippen molar-refractivity contribution in [2.24, 2.45) is 0 Å². The highest BCUT2D eigenvalue weighted by Gasteiger charge is 2.24. The van der Waals surface area contributed by atoms with Gasteiger partial charge in [-0.25, -0.2) is 13.4 Å². The average Bonchev–Trinajstić information content (AvgIpc) is 2.49. The van der Waals surface area contributed by atoms with Crippen molar-refractivity contribution in [3.63, 3.8) is 0 Å². The van der Waals surface area contributed by atoms with E-state index in [1.807, 2.05) is 18.2 Å². The van der Waals surface area contributed by atoms with Crippen molar-refractivity contribution in [3.8, 4) is 5.88 Å². The lowest BCUT2D eigenvalue weighted by atomic mass is 9.93. The summed E-state index contributed by atoms with van der Waals surface area (Å²) in [5.74, 6) is 0.349. The standard InChI is InChI=1S/C15H23N3O4S/c1-18(23(2,20)21)11-14(19)17-12-6-8-13(9-7-12)22-15-5-3-4-10-16-15/h3-5,10,12-13H,6-9,11H2,1-2H3,(H,17,19). The molecule has 0 unspecified atom stereocenters. The molecule has 7 nitrogen and oxygen atoms in total. The van der Waals surface area contributed by atoms with Crippen LogP contribution in [0.1, 0.15) is 25.7 Å². The summed E-state index contributed by atoms with van der Waals surface area (Å²) in [5, 5.41) is 2.89. The molecule has 1 amide bonds. The Morgan fingerprint density at radius 3 is 2.61 bits per heavy atom. The van der Waals surface area contributed by atoms with Crippen molar-refractivity contribution in [2.45, 2.75) is 37.8 Å². The fourth-order valence-corrected chi connectivity index (χ4v) is 2.86. The zero-order chi connectivity index (χ0) is 16.9. The number of aromatic nitrogens is 1. The van der Waals surface area contributed by atoms with Gasteiger partial charge in [-0.3, -0.25) is 4.79 Å². The maximum absolute atomic E-state index is 11.9. The van der Waals surface area contributed by atoms with Crippen LogP contribution >= 0.6 is 0 Å². The third-order valence-electron chi connectivity index (χ3n) is 3.90. The van der Waals surface area contributed by atoms with E-state index >= 15 is 0 Å². The van der Waals surface area contributed by atoms with E-state index in [4.69, 9.17) is 4.74 Å². The van der Waals surface area contributed by atoms with Crippen molar-refractivity contribution in [2.75, 3.05) is 19.8 Å². The van der Waals surface area contributed by atoms with E-state index in [-0.39, 0.29) is 24.6 Å². The molecule has 1 aromatic heterocycles. The largest absolute Gasteiger partial charge is 0.474 e. The highest BCUT2D eigenvalue weighted by molar-refractivity contribution is 7.88. The van der Waals surface area contributed by atoms with Gasteiger partial charge in [0.25, 0.3) is 0 Å². The molecule has 23 heavy (non-hydrogen) atoms. The molecule has 1 N–H and O–H groups in total. The lowest BCUT2D eigenvalue weighted by Gasteiger charge is -2.29. The Morgan fingerprint density at radius 1 is 1.35 bits per heavy atom. The average molecular weight is 341 g/mol. The predicted octanol–water partition coefficient (Wildman–Crippen LogP) is 0.779.